The van der Waals surface area contributed by atoms with Crippen LogP contribution < -0.4 is 0 Å². The van der Waals surface area contributed by atoms with Gasteiger partial charge in [-0.05, 0) is 25.7 Å². The van der Waals surface area contributed by atoms with E-state index in [4.69, 9.17) is 4.74 Å². The molecular formula is C15H29NO3. The predicted octanol–water partition coefficient (Wildman–Crippen LogP) is 2.20. The number of hydrogen-bond donors (Lipinski definition) is 1. The Labute approximate surface area is 117 Å². The van der Waals surface area contributed by atoms with Crippen molar-refractivity contribution >= 4 is 5.91 Å². The molecule has 1 atom stereocenters. The number of likely N-dealkylation sites (N-methyl/N-ethyl adjacent to an activating group) is 1. The summed E-state index contributed by atoms with van der Waals surface area (Å²) < 4.78 is 4.91. The molecule has 0 unspecified atom stereocenters. The van der Waals surface area contributed by atoms with Gasteiger partial charge in [-0.1, -0.05) is 32.1 Å². The Hall–Kier alpha value is -0.610. The van der Waals surface area contributed by atoms with Crippen molar-refractivity contribution in [3.8, 4) is 0 Å². The monoisotopic (exact) mass is 271 g/mol. The molecule has 4 nitrogen and oxygen atoms in total. The van der Waals surface area contributed by atoms with E-state index in [1.54, 1.807) is 11.9 Å². The van der Waals surface area contributed by atoms with Gasteiger partial charge in [0.25, 0.3) is 5.91 Å². The Bertz CT molecular complexity index is 271. The van der Waals surface area contributed by atoms with Crippen molar-refractivity contribution in [2.24, 2.45) is 5.92 Å². The second-order valence-electron chi connectivity index (χ2n) is 6.10. The quantitative estimate of drug-likeness (QED) is 0.834. The normalized spacial score (nSPS) is 21.3. The summed E-state index contributed by atoms with van der Waals surface area (Å²) in [5, 5.41) is 10.1. The third kappa shape index (κ3) is 5.49. The lowest BCUT2D eigenvalue weighted by Crippen LogP contribution is -2.49. The highest BCUT2D eigenvalue weighted by Crippen LogP contribution is 2.23. The van der Waals surface area contributed by atoms with Gasteiger partial charge in [0.1, 0.15) is 0 Å². The van der Waals surface area contributed by atoms with Crippen LogP contribution in [0.15, 0.2) is 0 Å². The SMILES string of the molecule is COC[C@](C)(O)C(=O)N(C)CC1CCCCCCC1. The van der Waals surface area contributed by atoms with Crippen molar-refractivity contribution in [3.63, 3.8) is 0 Å². The topological polar surface area (TPSA) is 49.8 Å². The average molecular weight is 271 g/mol. The first kappa shape index (κ1) is 16.4. The second-order valence-corrected chi connectivity index (χ2v) is 6.10. The highest BCUT2D eigenvalue weighted by Gasteiger charge is 2.33. The molecular weight excluding hydrogens is 242 g/mol. The van der Waals surface area contributed by atoms with Gasteiger partial charge >= 0.3 is 0 Å². The van der Waals surface area contributed by atoms with Gasteiger partial charge in [-0.2, -0.15) is 0 Å². The van der Waals surface area contributed by atoms with E-state index in [0.717, 1.165) is 6.54 Å². The van der Waals surface area contributed by atoms with Crippen molar-refractivity contribution < 1.29 is 14.6 Å². The Balaban J connectivity index is 2.47. The summed E-state index contributed by atoms with van der Waals surface area (Å²) in [6, 6.07) is 0. The van der Waals surface area contributed by atoms with Crippen molar-refractivity contribution in [2.75, 3.05) is 27.3 Å². The van der Waals surface area contributed by atoms with Crippen LogP contribution in [0.3, 0.4) is 0 Å². The Morgan fingerprint density at radius 3 is 2.32 bits per heavy atom. The van der Waals surface area contributed by atoms with Gasteiger partial charge in [0, 0.05) is 20.7 Å². The molecule has 0 aliphatic heterocycles. The van der Waals surface area contributed by atoms with Gasteiger partial charge < -0.3 is 14.7 Å². The molecule has 1 rings (SSSR count). The van der Waals surface area contributed by atoms with E-state index in [0.29, 0.717) is 5.92 Å². The molecule has 1 aliphatic carbocycles. The van der Waals surface area contributed by atoms with Gasteiger partial charge in [0.15, 0.2) is 5.60 Å². The molecule has 1 aliphatic rings. The van der Waals surface area contributed by atoms with Crippen molar-refractivity contribution in [1.82, 2.24) is 4.90 Å². The maximum atomic E-state index is 12.2. The molecule has 4 heteroatoms. The lowest BCUT2D eigenvalue weighted by molar-refractivity contribution is -0.153. The molecule has 0 heterocycles. The summed E-state index contributed by atoms with van der Waals surface area (Å²) in [6.07, 6.45) is 8.91. The third-order valence-electron chi connectivity index (χ3n) is 3.99. The molecule has 1 fully saturated rings. The number of carbonyl (C=O) groups excluding carboxylic acids is 1. The van der Waals surface area contributed by atoms with Crippen LogP contribution in [0.5, 0.6) is 0 Å². The molecule has 0 radical (unpaired) electrons. The Morgan fingerprint density at radius 2 is 1.79 bits per heavy atom. The maximum absolute atomic E-state index is 12.2. The summed E-state index contributed by atoms with van der Waals surface area (Å²) in [6.45, 7) is 2.31. The van der Waals surface area contributed by atoms with Crippen molar-refractivity contribution in [2.45, 2.75) is 57.5 Å². The third-order valence-corrected chi connectivity index (χ3v) is 3.99. The molecule has 1 N–H and O–H groups in total. The summed E-state index contributed by atoms with van der Waals surface area (Å²) in [7, 11) is 3.28. The van der Waals surface area contributed by atoms with Gasteiger partial charge in [-0.3, -0.25) is 4.79 Å². The molecule has 0 aromatic carbocycles. The minimum absolute atomic E-state index is 0.0425. The number of amides is 1. The van der Waals surface area contributed by atoms with E-state index in [9.17, 15) is 9.90 Å². The molecule has 112 valence electrons. The lowest BCUT2D eigenvalue weighted by Gasteiger charge is -2.31. The van der Waals surface area contributed by atoms with Gasteiger partial charge in [0.2, 0.25) is 0 Å². The number of aliphatic hydroxyl groups is 1. The first-order valence-electron chi connectivity index (χ1n) is 7.44. The van der Waals surface area contributed by atoms with Crippen LogP contribution in [-0.4, -0.2) is 48.8 Å². The van der Waals surface area contributed by atoms with Crippen LogP contribution >= 0.6 is 0 Å². The van der Waals surface area contributed by atoms with Crippen LogP contribution in [0, 0.1) is 5.92 Å². The number of methoxy groups -OCH3 is 1. The van der Waals surface area contributed by atoms with E-state index in [2.05, 4.69) is 0 Å². The molecule has 1 amide bonds. The fourth-order valence-electron chi connectivity index (χ4n) is 2.95. The Morgan fingerprint density at radius 1 is 1.26 bits per heavy atom. The van der Waals surface area contributed by atoms with Crippen LogP contribution in [0.25, 0.3) is 0 Å². The first-order chi connectivity index (χ1) is 8.97. The van der Waals surface area contributed by atoms with E-state index < -0.39 is 5.60 Å². The molecule has 0 spiro atoms. The van der Waals surface area contributed by atoms with E-state index in [1.807, 2.05) is 0 Å². The average Bonchev–Trinajstić information content (AvgIpc) is 2.31. The number of rotatable bonds is 5. The number of ether oxygens (including phenoxy) is 1. The van der Waals surface area contributed by atoms with E-state index in [-0.39, 0.29) is 12.5 Å². The minimum atomic E-state index is -1.41. The summed E-state index contributed by atoms with van der Waals surface area (Å²) in [4.78, 5) is 13.9. The largest absolute Gasteiger partial charge is 0.381 e. The molecule has 1 saturated carbocycles. The highest BCUT2D eigenvalue weighted by atomic mass is 16.5. The molecule has 19 heavy (non-hydrogen) atoms. The van der Waals surface area contributed by atoms with Gasteiger partial charge in [0.05, 0.1) is 6.61 Å². The van der Waals surface area contributed by atoms with Crippen molar-refractivity contribution in [3.05, 3.63) is 0 Å². The second kappa shape index (κ2) is 7.85. The summed E-state index contributed by atoms with van der Waals surface area (Å²) in [5.41, 5.74) is -1.41. The Kier molecular flexibility index (Phi) is 6.80. The van der Waals surface area contributed by atoms with E-state index in [1.165, 1.54) is 59.0 Å². The fraction of sp³-hybridized carbons (Fsp3) is 0.933. The zero-order valence-corrected chi connectivity index (χ0v) is 12.7. The molecule has 0 aromatic rings. The zero-order valence-electron chi connectivity index (χ0n) is 12.7. The molecule has 0 saturated heterocycles. The first-order valence-corrected chi connectivity index (χ1v) is 7.44. The van der Waals surface area contributed by atoms with Crippen LogP contribution in [0.4, 0.5) is 0 Å². The number of carbonyl (C=O) groups is 1. The summed E-state index contributed by atoms with van der Waals surface area (Å²) >= 11 is 0. The smallest absolute Gasteiger partial charge is 0.256 e. The number of nitrogens with zero attached hydrogens (tertiary/aromatic N) is 1. The van der Waals surface area contributed by atoms with Crippen LogP contribution in [0.1, 0.15) is 51.9 Å². The van der Waals surface area contributed by atoms with Gasteiger partial charge in [-0.25, -0.2) is 0 Å². The van der Waals surface area contributed by atoms with E-state index >= 15 is 0 Å². The van der Waals surface area contributed by atoms with Crippen molar-refractivity contribution in [1.29, 1.82) is 0 Å². The highest BCUT2D eigenvalue weighted by molar-refractivity contribution is 5.84. The predicted molar refractivity (Wildman–Crippen MR) is 75.9 cm³/mol. The fourth-order valence-corrected chi connectivity index (χ4v) is 2.95. The van der Waals surface area contributed by atoms with Gasteiger partial charge in [-0.15, -0.1) is 0 Å². The lowest BCUT2D eigenvalue weighted by atomic mass is 9.90. The number of hydrogen-bond acceptors (Lipinski definition) is 3. The zero-order chi connectivity index (χ0) is 14.3. The molecule has 0 aromatic heterocycles. The molecule has 0 bridgehead atoms. The van der Waals surface area contributed by atoms with Crippen LogP contribution in [0.2, 0.25) is 0 Å². The van der Waals surface area contributed by atoms with Crippen LogP contribution in [-0.2, 0) is 9.53 Å². The maximum Gasteiger partial charge on any atom is 0.256 e. The summed E-state index contributed by atoms with van der Waals surface area (Å²) in [5.74, 6) is 0.337. The minimum Gasteiger partial charge on any atom is -0.381 e. The standard InChI is InChI=1S/C15H29NO3/c1-15(18,12-19-3)14(17)16(2)11-13-9-7-5-4-6-8-10-13/h13,18H,4-12H2,1-3H3/t15-/m0/s1.